The molecular weight excluding hydrogens is 370 g/mol. The number of methoxy groups -OCH3 is 1. The summed E-state index contributed by atoms with van der Waals surface area (Å²) in [4.78, 5) is 14.9. The number of nitrogens with zero attached hydrogens (tertiary/aromatic N) is 3. The Kier molecular flexibility index (Phi) is 6.97. The molecule has 3 rings (SSSR count). The van der Waals surface area contributed by atoms with Crippen LogP contribution in [0.4, 0.5) is 0 Å². The zero-order valence-electron chi connectivity index (χ0n) is 16.7. The topological polar surface area (TPSA) is 88.7 Å². The number of carbonyl (C=O) groups excluding carboxylic acids is 1. The fraction of sp³-hybridized carbons (Fsp3) is 0.318. The first kappa shape index (κ1) is 20.5. The second-order valence-corrected chi connectivity index (χ2v) is 6.68. The van der Waals surface area contributed by atoms with E-state index in [1.807, 2.05) is 25.1 Å². The third kappa shape index (κ3) is 5.20. The first-order valence-corrected chi connectivity index (χ1v) is 9.60. The predicted molar refractivity (Wildman–Crippen MR) is 108 cm³/mol. The fourth-order valence-corrected chi connectivity index (χ4v) is 3.00. The summed E-state index contributed by atoms with van der Waals surface area (Å²) in [6.45, 7) is 3.43. The van der Waals surface area contributed by atoms with Crippen LogP contribution in [0.25, 0.3) is 11.5 Å². The lowest BCUT2D eigenvalue weighted by Gasteiger charge is -2.23. The number of aromatic nitrogens is 2. The number of amides is 1. The quantitative estimate of drug-likeness (QED) is 0.594. The Morgan fingerprint density at radius 2 is 2.00 bits per heavy atom. The van der Waals surface area contributed by atoms with E-state index in [4.69, 9.17) is 9.15 Å². The van der Waals surface area contributed by atoms with Gasteiger partial charge >= 0.3 is 0 Å². The van der Waals surface area contributed by atoms with Gasteiger partial charge in [-0.3, -0.25) is 4.79 Å². The van der Waals surface area contributed by atoms with Crippen molar-refractivity contribution in [2.24, 2.45) is 0 Å². The molecular formula is C22H25N3O4. The lowest BCUT2D eigenvalue weighted by Crippen LogP contribution is -2.31. The number of aromatic hydroxyl groups is 1. The van der Waals surface area contributed by atoms with Crippen molar-refractivity contribution in [2.75, 3.05) is 20.3 Å². The van der Waals surface area contributed by atoms with Crippen molar-refractivity contribution in [2.45, 2.75) is 26.3 Å². The van der Waals surface area contributed by atoms with Crippen LogP contribution >= 0.6 is 0 Å². The summed E-state index contributed by atoms with van der Waals surface area (Å²) in [5.74, 6) is 0.930. The van der Waals surface area contributed by atoms with Gasteiger partial charge in [0.05, 0.1) is 6.61 Å². The standard InChI is InChI=1S/C22H25N3O4/c1-3-12-25(15-18-7-4-5-10-19(18)26)22(27)17-9-6-8-16(14-17)21-24-23-20(29-21)11-13-28-2/h4-10,14,26H,3,11-13,15H2,1-2H3. The highest BCUT2D eigenvalue weighted by Crippen LogP contribution is 2.22. The third-order valence-corrected chi connectivity index (χ3v) is 4.48. The van der Waals surface area contributed by atoms with Gasteiger partial charge in [-0.05, 0) is 30.7 Å². The molecule has 0 spiro atoms. The van der Waals surface area contributed by atoms with E-state index < -0.39 is 0 Å². The van der Waals surface area contributed by atoms with Gasteiger partial charge in [-0.25, -0.2) is 0 Å². The minimum atomic E-state index is -0.115. The van der Waals surface area contributed by atoms with Crippen molar-refractivity contribution >= 4 is 5.91 Å². The summed E-state index contributed by atoms with van der Waals surface area (Å²) in [7, 11) is 1.61. The number of benzene rings is 2. The molecule has 0 aliphatic rings. The van der Waals surface area contributed by atoms with Gasteiger partial charge in [0.1, 0.15) is 5.75 Å². The number of phenolic OH excluding ortho intramolecular Hbond substituents is 1. The first-order chi connectivity index (χ1) is 14.1. The van der Waals surface area contributed by atoms with E-state index in [9.17, 15) is 9.90 Å². The van der Waals surface area contributed by atoms with Crippen LogP contribution < -0.4 is 0 Å². The lowest BCUT2D eigenvalue weighted by molar-refractivity contribution is 0.0742. The minimum Gasteiger partial charge on any atom is -0.508 e. The van der Waals surface area contributed by atoms with Crippen LogP contribution in [0, 0.1) is 0 Å². The molecule has 0 unspecified atom stereocenters. The normalized spacial score (nSPS) is 10.8. The molecule has 0 atom stereocenters. The van der Waals surface area contributed by atoms with Gasteiger partial charge in [-0.15, -0.1) is 10.2 Å². The van der Waals surface area contributed by atoms with Gasteiger partial charge in [-0.2, -0.15) is 0 Å². The Hall–Kier alpha value is -3.19. The van der Waals surface area contributed by atoms with E-state index in [2.05, 4.69) is 10.2 Å². The Bertz CT molecular complexity index is 954. The third-order valence-electron chi connectivity index (χ3n) is 4.48. The molecule has 3 aromatic rings. The average molecular weight is 395 g/mol. The Morgan fingerprint density at radius 1 is 1.17 bits per heavy atom. The number of hydrogen-bond donors (Lipinski definition) is 1. The summed E-state index contributed by atoms with van der Waals surface area (Å²) in [6, 6.07) is 14.2. The number of para-hydroxylation sites is 1. The average Bonchev–Trinajstić information content (AvgIpc) is 3.22. The molecule has 1 amide bonds. The molecule has 0 fully saturated rings. The molecule has 0 saturated heterocycles. The zero-order valence-corrected chi connectivity index (χ0v) is 16.7. The number of ether oxygens (including phenoxy) is 1. The number of carbonyl (C=O) groups is 1. The molecule has 0 bridgehead atoms. The van der Waals surface area contributed by atoms with E-state index in [1.54, 1.807) is 42.3 Å². The van der Waals surface area contributed by atoms with E-state index in [0.29, 0.717) is 54.6 Å². The van der Waals surface area contributed by atoms with Gasteiger partial charge in [0.15, 0.2) is 0 Å². The van der Waals surface area contributed by atoms with Gasteiger partial charge in [0.25, 0.3) is 5.91 Å². The van der Waals surface area contributed by atoms with E-state index in [-0.39, 0.29) is 11.7 Å². The Balaban J connectivity index is 1.81. The maximum absolute atomic E-state index is 13.1. The van der Waals surface area contributed by atoms with Crippen LogP contribution in [0.5, 0.6) is 5.75 Å². The van der Waals surface area contributed by atoms with E-state index in [0.717, 1.165) is 6.42 Å². The smallest absolute Gasteiger partial charge is 0.254 e. The van der Waals surface area contributed by atoms with Crippen LogP contribution in [0.3, 0.4) is 0 Å². The second kappa shape index (κ2) is 9.84. The Morgan fingerprint density at radius 3 is 2.76 bits per heavy atom. The maximum Gasteiger partial charge on any atom is 0.254 e. The van der Waals surface area contributed by atoms with Gasteiger partial charge in [0.2, 0.25) is 11.8 Å². The van der Waals surface area contributed by atoms with Gasteiger partial charge < -0.3 is 19.2 Å². The van der Waals surface area contributed by atoms with E-state index in [1.165, 1.54) is 0 Å². The number of phenols is 1. The molecule has 1 N–H and O–H groups in total. The molecule has 1 aromatic heterocycles. The van der Waals surface area contributed by atoms with Crippen LogP contribution in [0.2, 0.25) is 0 Å². The zero-order chi connectivity index (χ0) is 20.6. The molecule has 0 radical (unpaired) electrons. The first-order valence-electron chi connectivity index (χ1n) is 9.60. The summed E-state index contributed by atoms with van der Waals surface area (Å²) in [5.41, 5.74) is 1.93. The number of hydrogen-bond acceptors (Lipinski definition) is 6. The second-order valence-electron chi connectivity index (χ2n) is 6.68. The van der Waals surface area contributed by atoms with Crippen LogP contribution in [-0.4, -0.2) is 46.4 Å². The van der Waals surface area contributed by atoms with Crippen LogP contribution in [0.1, 0.15) is 35.2 Å². The van der Waals surface area contributed by atoms with Crippen LogP contribution in [0.15, 0.2) is 52.9 Å². The van der Waals surface area contributed by atoms with E-state index >= 15 is 0 Å². The summed E-state index contributed by atoms with van der Waals surface area (Å²) < 4.78 is 10.7. The summed E-state index contributed by atoms with van der Waals surface area (Å²) >= 11 is 0. The van der Waals surface area contributed by atoms with Gasteiger partial charge in [-0.1, -0.05) is 31.2 Å². The highest BCUT2D eigenvalue weighted by Gasteiger charge is 2.18. The summed E-state index contributed by atoms with van der Waals surface area (Å²) in [5, 5.41) is 18.1. The van der Waals surface area contributed by atoms with Gasteiger partial charge in [0, 0.05) is 43.3 Å². The molecule has 7 nitrogen and oxygen atoms in total. The molecule has 0 aliphatic heterocycles. The van der Waals surface area contributed by atoms with Crippen molar-refractivity contribution in [3.05, 3.63) is 65.5 Å². The summed E-state index contributed by atoms with van der Waals surface area (Å²) in [6.07, 6.45) is 1.35. The predicted octanol–water partition coefficient (Wildman–Crippen LogP) is 3.68. The van der Waals surface area contributed by atoms with Crippen molar-refractivity contribution in [1.29, 1.82) is 0 Å². The molecule has 2 aromatic carbocycles. The minimum absolute atomic E-state index is 0.115. The van der Waals surface area contributed by atoms with Crippen molar-refractivity contribution in [3.8, 4) is 17.2 Å². The molecule has 0 saturated carbocycles. The highest BCUT2D eigenvalue weighted by molar-refractivity contribution is 5.95. The lowest BCUT2D eigenvalue weighted by atomic mass is 10.1. The maximum atomic E-state index is 13.1. The SMILES string of the molecule is CCCN(Cc1ccccc1O)C(=O)c1cccc(-c2nnc(CCOC)o2)c1. The van der Waals surface area contributed by atoms with Crippen molar-refractivity contribution < 1.29 is 19.1 Å². The largest absolute Gasteiger partial charge is 0.508 e. The fourth-order valence-electron chi connectivity index (χ4n) is 3.00. The molecule has 1 heterocycles. The van der Waals surface area contributed by atoms with Crippen LogP contribution in [-0.2, 0) is 17.7 Å². The highest BCUT2D eigenvalue weighted by atomic mass is 16.5. The Labute approximate surface area is 169 Å². The molecule has 29 heavy (non-hydrogen) atoms. The molecule has 152 valence electrons. The van der Waals surface area contributed by atoms with Crippen molar-refractivity contribution in [1.82, 2.24) is 15.1 Å². The monoisotopic (exact) mass is 395 g/mol. The number of rotatable bonds is 9. The molecule has 7 heteroatoms. The molecule has 0 aliphatic carbocycles. The van der Waals surface area contributed by atoms with Crippen molar-refractivity contribution in [3.63, 3.8) is 0 Å².